The fourth-order valence-electron chi connectivity index (χ4n) is 8.74. The van der Waals surface area contributed by atoms with Crippen molar-refractivity contribution in [1.29, 1.82) is 0 Å². The zero-order valence-corrected chi connectivity index (χ0v) is 48.7. The predicted molar refractivity (Wildman–Crippen MR) is 324 cm³/mol. The monoisotopic (exact) mass is 1160 g/mol. The summed E-state index contributed by atoms with van der Waals surface area (Å²) >= 11 is 0. The Morgan fingerprint density at radius 3 is 1.13 bits per heavy atom. The molecule has 20 nitrogen and oxygen atoms in total. The van der Waals surface area contributed by atoms with Crippen LogP contribution in [-0.2, 0) is 43.6 Å². The SMILES string of the molecule is CC(C)S(=O)(=O)c1ccc(-c2cnc3[nH]cc(-c4ccn(C)n4)c3n2)cc1.CC(C)S(=O)(=O)c1ccc(-c2cnc3[nH]cc(-c4cnn(C)c4)c3n2)cc1.Cc1ccc(-c2c[nH]c3ncc(-c4ccc(S(=O)(=O)C(C)C)cc4)nc23)cn1.[HH].[HH].[HH]. The normalized spacial score (nSPS) is 12.1. The molecule has 0 radical (unpaired) electrons. The van der Waals surface area contributed by atoms with Gasteiger partial charge in [0.25, 0.3) is 0 Å². The van der Waals surface area contributed by atoms with Crippen molar-refractivity contribution in [2.75, 3.05) is 0 Å². The Morgan fingerprint density at radius 1 is 0.415 bits per heavy atom. The molecule has 0 unspecified atom stereocenters. The van der Waals surface area contributed by atoms with Crippen LogP contribution in [0.1, 0.15) is 51.5 Å². The molecule has 0 aliphatic rings. The lowest BCUT2D eigenvalue weighted by molar-refractivity contribution is 0.586. The molecule has 0 aliphatic carbocycles. The number of rotatable bonds is 12. The van der Waals surface area contributed by atoms with Crippen LogP contribution in [0, 0.1) is 6.92 Å². The molecule has 0 bridgehead atoms. The van der Waals surface area contributed by atoms with E-state index in [1.807, 2.05) is 76.4 Å². The van der Waals surface area contributed by atoms with Gasteiger partial charge in [-0.05, 0) is 97.0 Å². The molecule has 3 N–H and O–H groups in total. The molecule has 12 aromatic rings. The lowest BCUT2D eigenvalue weighted by Gasteiger charge is -2.08. The van der Waals surface area contributed by atoms with Crippen molar-refractivity contribution < 1.29 is 29.5 Å². The number of aromatic nitrogens is 14. The summed E-state index contributed by atoms with van der Waals surface area (Å²) < 4.78 is 77.2. The molecule has 0 fully saturated rings. The van der Waals surface area contributed by atoms with Crippen molar-refractivity contribution in [1.82, 2.24) is 69.4 Å². The molecule has 82 heavy (non-hydrogen) atoms. The van der Waals surface area contributed by atoms with Crippen LogP contribution < -0.4 is 0 Å². The summed E-state index contributed by atoms with van der Waals surface area (Å²) in [6, 6.07) is 26.2. The van der Waals surface area contributed by atoms with E-state index >= 15 is 0 Å². The van der Waals surface area contributed by atoms with Crippen LogP contribution >= 0.6 is 0 Å². The van der Waals surface area contributed by atoms with Crippen LogP contribution in [0.25, 0.3) is 101 Å². The minimum atomic E-state index is -3.30. The van der Waals surface area contributed by atoms with Gasteiger partial charge in [0.2, 0.25) is 0 Å². The van der Waals surface area contributed by atoms with Crippen molar-refractivity contribution in [3.63, 3.8) is 0 Å². The Bertz CT molecular complexity index is 4450. The number of fused-ring (bicyclic) bond motifs is 3. The van der Waals surface area contributed by atoms with Gasteiger partial charge in [0.1, 0.15) is 16.6 Å². The minimum Gasteiger partial charge on any atom is -0.344 e. The van der Waals surface area contributed by atoms with Crippen molar-refractivity contribution in [2.24, 2.45) is 14.1 Å². The Kier molecular flexibility index (Phi) is 15.4. The first-order valence-corrected chi connectivity index (χ1v) is 30.7. The van der Waals surface area contributed by atoms with Crippen LogP contribution in [0.15, 0.2) is 168 Å². The standard InChI is InChI=1S/C21H20N4O2S.2C19H19N5O2S.3H2/c1-13(2)28(26,27)17-8-6-15(7-9-17)19-12-24-21-20(25-19)18(11-23-21)16-5-4-14(3)22-10-16;1-12(2)27(25,26)15-6-4-13(5-7-15)17-10-21-19-18(23-17)16(9-20-19)14-8-22-24(3)11-14;1-12(2)27(25,26)14-6-4-13(5-7-14)17-11-21-19-18(22-17)15(10-20-19)16-8-9-24(3)23-16;;;/h4-13H,1-3H3,(H,23,24);2*4-12H,1-3H3,(H,20,21);3*1H. The molecule has 0 saturated carbocycles. The Hall–Kier alpha value is -9.06. The van der Waals surface area contributed by atoms with Gasteiger partial charge in [-0.1, -0.05) is 42.5 Å². The van der Waals surface area contributed by atoms with Gasteiger partial charge in [0, 0.05) is 106 Å². The number of pyridine rings is 1. The van der Waals surface area contributed by atoms with Gasteiger partial charge in [-0.15, -0.1) is 0 Å². The average Bonchev–Trinajstić information content (AvgIpc) is 2.59. The maximum absolute atomic E-state index is 12.3. The first-order valence-electron chi connectivity index (χ1n) is 26.1. The topological polar surface area (TPSA) is 276 Å². The Labute approximate surface area is 478 Å². The molecule has 9 aromatic heterocycles. The fourth-order valence-corrected chi connectivity index (χ4v) is 11.9. The quantitative estimate of drug-likeness (QED) is 0.103. The number of H-pyrrole nitrogens is 3. The summed E-state index contributed by atoms with van der Waals surface area (Å²) in [6.45, 7) is 12.0. The molecule has 3 aromatic carbocycles. The molecule has 23 heteroatoms. The lowest BCUT2D eigenvalue weighted by Crippen LogP contribution is -2.13. The Balaban J connectivity index is 0.000000180. The highest BCUT2D eigenvalue weighted by Gasteiger charge is 2.23. The molecule has 0 atom stereocenters. The molecule has 12 rings (SSSR count). The van der Waals surface area contributed by atoms with Gasteiger partial charge in [0.15, 0.2) is 46.5 Å². The summed E-state index contributed by atoms with van der Waals surface area (Å²) in [7, 11) is -6.16. The second kappa shape index (κ2) is 22.5. The third kappa shape index (κ3) is 11.3. The molecule has 9 heterocycles. The van der Waals surface area contributed by atoms with E-state index < -0.39 is 45.3 Å². The Morgan fingerprint density at radius 2 is 0.793 bits per heavy atom. The van der Waals surface area contributed by atoms with E-state index in [1.165, 1.54) is 0 Å². The lowest BCUT2D eigenvalue weighted by atomic mass is 10.1. The summed E-state index contributed by atoms with van der Waals surface area (Å²) in [5, 5.41) is 7.25. The molecule has 0 spiro atoms. The average molecular weight is 1160 g/mol. The van der Waals surface area contributed by atoms with Crippen LogP contribution in [0.5, 0.6) is 0 Å². The highest BCUT2D eigenvalue weighted by Crippen LogP contribution is 2.32. The largest absolute Gasteiger partial charge is 0.344 e. The summed E-state index contributed by atoms with van der Waals surface area (Å²) in [4.78, 5) is 42.2. The minimum absolute atomic E-state index is 0. The second-order valence-corrected chi connectivity index (χ2v) is 27.8. The van der Waals surface area contributed by atoms with E-state index in [2.05, 4.69) is 45.1 Å². The van der Waals surface area contributed by atoms with Gasteiger partial charge >= 0.3 is 0 Å². The molecule has 0 saturated heterocycles. The second-order valence-electron chi connectivity index (χ2n) is 20.3. The van der Waals surface area contributed by atoms with E-state index in [9.17, 15) is 25.3 Å². The highest BCUT2D eigenvalue weighted by molar-refractivity contribution is 7.92. The number of benzene rings is 3. The molecule has 424 valence electrons. The number of sulfone groups is 3. The van der Waals surface area contributed by atoms with E-state index in [4.69, 9.17) is 15.0 Å². The molecular weight excluding hydrogens is 1100 g/mol. The predicted octanol–water partition coefficient (Wildman–Crippen LogP) is 11.3. The third-order valence-electron chi connectivity index (χ3n) is 13.7. The smallest absolute Gasteiger partial charge is 0.180 e. The fraction of sp³-hybridized carbons (Fsp3) is 0.203. The van der Waals surface area contributed by atoms with Gasteiger partial charge < -0.3 is 15.0 Å². The molecular formula is C59H64N14O6S3. The van der Waals surface area contributed by atoms with Crippen LogP contribution in [0.3, 0.4) is 0 Å². The first kappa shape index (κ1) is 56.2. The summed E-state index contributed by atoms with van der Waals surface area (Å²) in [5.41, 5.74) is 15.2. The number of nitrogens with one attached hydrogen (secondary N) is 3. The van der Waals surface area contributed by atoms with Gasteiger partial charge in [0.05, 0.1) is 78.0 Å². The number of hydrogen-bond acceptors (Lipinski definition) is 15. The van der Waals surface area contributed by atoms with Gasteiger partial charge in [-0.3, -0.25) is 14.3 Å². The van der Waals surface area contributed by atoms with Crippen molar-refractivity contribution >= 4 is 63.0 Å². The first-order chi connectivity index (χ1) is 39.1. The van der Waals surface area contributed by atoms with E-state index in [-0.39, 0.29) is 4.28 Å². The van der Waals surface area contributed by atoms with Crippen LogP contribution in [0.2, 0.25) is 0 Å². The number of hydrogen-bond donors (Lipinski definition) is 3. The maximum Gasteiger partial charge on any atom is 0.180 e. The number of aryl methyl sites for hydroxylation is 3. The van der Waals surface area contributed by atoms with Gasteiger partial charge in [-0.25, -0.2) is 55.2 Å². The van der Waals surface area contributed by atoms with Crippen molar-refractivity contribution in [2.45, 2.75) is 78.9 Å². The van der Waals surface area contributed by atoms with E-state index in [0.29, 0.717) is 48.7 Å². The van der Waals surface area contributed by atoms with Crippen LogP contribution in [-0.4, -0.2) is 110 Å². The number of nitrogens with zero attached hydrogens (tertiary/aromatic N) is 11. The third-order valence-corrected chi connectivity index (χ3v) is 20.2. The van der Waals surface area contributed by atoms with Crippen molar-refractivity contribution in [3.05, 3.63) is 159 Å². The molecule has 0 amide bonds. The van der Waals surface area contributed by atoms with Crippen molar-refractivity contribution in [3.8, 4) is 67.3 Å². The molecule has 0 aliphatic heterocycles. The zero-order chi connectivity index (χ0) is 58.3. The number of aromatic amines is 3. The summed E-state index contributed by atoms with van der Waals surface area (Å²) in [5.74, 6) is 0. The maximum atomic E-state index is 12.3. The van der Waals surface area contributed by atoms with E-state index in [0.717, 1.165) is 72.4 Å². The van der Waals surface area contributed by atoms with Crippen LogP contribution in [0.4, 0.5) is 0 Å². The summed E-state index contributed by atoms with van der Waals surface area (Å²) in [6.07, 6.45) is 18.0. The zero-order valence-electron chi connectivity index (χ0n) is 46.3. The highest BCUT2D eigenvalue weighted by atomic mass is 32.2. The van der Waals surface area contributed by atoms with Gasteiger partial charge in [-0.2, -0.15) is 10.2 Å². The van der Waals surface area contributed by atoms with E-state index in [1.54, 1.807) is 148 Å².